The highest BCUT2D eigenvalue weighted by atomic mass is 35.5. The summed E-state index contributed by atoms with van der Waals surface area (Å²) in [5.74, 6) is 1.64. The van der Waals surface area contributed by atoms with E-state index in [0.717, 1.165) is 11.0 Å². The lowest BCUT2D eigenvalue weighted by atomic mass is 10.4. The predicted octanol–water partition coefficient (Wildman–Crippen LogP) is 2.38. The van der Waals surface area contributed by atoms with Crippen molar-refractivity contribution in [2.75, 3.05) is 0 Å². The molecule has 2 aromatic rings. The van der Waals surface area contributed by atoms with Crippen molar-refractivity contribution in [1.29, 1.82) is 0 Å². The summed E-state index contributed by atoms with van der Waals surface area (Å²) < 4.78 is 2.21. The number of rotatable bonds is 4. The molecule has 0 amide bonds. The van der Waals surface area contributed by atoms with Crippen LogP contribution in [0.25, 0.3) is 0 Å². The second-order valence-corrected chi connectivity index (χ2v) is 6.50. The van der Waals surface area contributed by atoms with Crippen molar-refractivity contribution in [3.8, 4) is 0 Å². The van der Waals surface area contributed by atoms with E-state index >= 15 is 0 Å². The predicted molar refractivity (Wildman–Crippen MR) is 74.3 cm³/mol. The summed E-state index contributed by atoms with van der Waals surface area (Å²) in [5.41, 5.74) is -0.330. The minimum Gasteiger partial charge on any atom is -0.312 e. The summed E-state index contributed by atoms with van der Waals surface area (Å²) in [5, 5.41) is 9.97. The van der Waals surface area contributed by atoms with Crippen LogP contribution in [-0.4, -0.2) is 24.7 Å². The molecule has 2 heterocycles. The van der Waals surface area contributed by atoms with Gasteiger partial charge in [0.05, 0.1) is 6.33 Å². The van der Waals surface area contributed by atoms with Crippen LogP contribution in [0.4, 0.5) is 0 Å². The van der Waals surface area contributed by atoms with Gasteiger partial charge < -0.3 is 9.55 Å². The van der Waals surface area contributed by atoms with Crippen molar-refractivity contribution in [2.24, 2.45) is 0 Å². The molecule has 0 radical (unpaired) electrons. The van der Waals surface area contributed by atoms with Gasteiger partial charge in [0.15, 0.2) is 5.16 Å². The van der Waals surface area contributed by atoms with E-state index in [-0.39, 0.29) is 10.6 Å². The Morgan fingerprint density at radius 1 is 1.30 bits per heavy atom. The zero-order valence-corrected chi connectivity index (χ0v) is 12.1. The summed E-state index contributed by atoms with van der Waals surface area (Å²) in [6, 6.07) is 0.504. The molecule has 2 aliphatic rings. The second kappa shape index (κ2) is 4.60. The third kappa shape index (κ3) is 2.14. The molecular weight excluding hydrogens is 298 g/mol. The molecule has 0 aromatic carbocycles. The molecule has 0 aliphatic heterocycles. The Morgan fingerprint density at radius 2 is 2.10 bits per heavy atom. The van der Waals surface area contributed by atoms with Crippen molar-refractivity contribution in [1.82, 2.24) is 24.7 Å². The minimum atomic E-state index is -0.330. The Kier molecular flexibility index (Phi) is 2.85. The Hall–Kier alpha value is -1.34. The van der Waals surface area contributed by atoms with Gasteiger partial charge >= 0.3 is 0 Å². The van der Waals surface area contributed by atoms with Gasteiger partial charge in [-0.25, -0.2) is 4.98 Å². The van der Waals surface area contributed by atoms with Crippen LogP contribution in [0.15, 0.2) is 21.3 Å². The Morgan fingerprint density at radius 3 is 2.80 bits per heavy atom. The molecule has 104 valence electrons. The average molecular weight is 310 g/mol. The van der Waals surface area contributed by atoms with Gasteiger partial charge in [0, 0.05) is 12.0 Å². The van der Waals surface area contributed by atoms with Gasteiger partial charge in [0.2, 0.25) is 0 Å². The third-order valence-corrected chi connectivity index (χ3v) is 4.92. The molecule has 4 rings (SSSR count). The SMILES string of the molecule is O=c1[nH]cnc(Sc2nnc(C3CC3)n2C2CC2)c1Cl. The third-order valence-electron chi connectivity index (χ3n) is 3.50. The Balaban J connectivity index is 1.72. The molecule has 2 saturated carbocycles. The van der Waals surface area contributed by atoms with Crippen molar-refractivity contribution in [3.05, 3.63) is 27.5 Å². The number of hydrogen-bond donors (Lipinski definition) is 1. The summed E-state index contributed by atoms with van der Waals surface area (Å²) >= 11 is 7.30. The standard InChI is InChI=1S/C12H12ClN5OS/c13-8-10(19)14-5-15-11(8)20-12-17-16-9(6-1-2-6)18(12)7-3-4-7/h5-7H,1-4H2,(H,14,15,19). The van der Waals surface area contributed by atoms with E-state index in [2.05, 4.69) is 24.7 Å². The molecule has 0 unspecified atom stereocenters. The zero-order chi connectivity index (χ0) is 13.7. The maximum Gasteiger partial charge on any atom is 0.270 e. The van der Waals surface area contributed by atoms with Crippen molar-refractivity contribution < 1.29 is 0 Å². The van der Waals surface area contributed by atoms with E-state index in [1.54, 1.807) is 0 Å². The smallest absolute Gasteiger partial charge is 0.270 e. The van der Waals surface area contributed by atoms with E-state index in [1.165, 1.54) is 43.8 Å². The first kappa shape index (κ1) is 12.4. The maximum absolute atomic E-state index is 11.5. The van der Waals surface area contributed by atoms with Crippen LogP contribution < -0.4 is 5.56 Å². The van der Waals surface area contributed by atoms with Gasteiger partial charge in [-0.15, -0.1) is 10.2 Å². The number of hydrogen-bond acceptors (Lipinski definition) is 5. The molecule has 6 nitrogen and oxygen atoms in total. The highest BCUT2D eigenvalue weighted by molar-refractivity contribution is 7.99. The monoisotopic (exact) mass is 309 g/mol. The number of halogens is 1. The largest absolute Gasteiger partial charge is 0.312 e. The molecule has 2 aromatic heterocycles. The van der Waals surface area contributed by atoms with E-state index in [9.17, 15) is 4.79 Å². The van der Waals surface area contributed by atoms with Crippen LogP contribution in [0.5, 0.6) is 0 Å². The normalized spacial score (nSPS) is 18.4. The number of aromatic nitrogens is 5. The minimum absolute atomic E-state index is 0.107. The van der Waals surface area contributed by atoms with Gasteiger partial charge in [-0.2, -0.15) is 0 Å². The lowest BCUT2D eigenvalue weighted by molar-refractivity contribution is 0.626. The van der Waals surface area contributed by atoms with Crippen LogP contribution in [0, 0.1) is 0 Å². The van der Waals surface area contributed by atoms with Gasteiger partial charge in [0.1, 0.15) is 15.9 Å². The van der Waals surface area contributed by atoms with Crippen LogP contribution in [0.2, 0.25) is 5.02 Å². The zero-order valence-electron chi connectivity index (χ0n) is 10.5. The Bertz CT molecular complexity index is 719. The molecule has 0 spiro atoms. The van der Waals surface area contributed by atoms with Crippen LogP contribution in [-0.2, 0) is 0 Å². The molecular formula is C12H12ClN5OS. The summed E-state index contributed by atoms with van der Waals surface area (Å²) in [6.45, 7) is 0. The first-order chi connectivity index (χ1) is 9.74. The summed E-state index contributed by atoms with van der Waals surface area (Å²) in [7, 11) is 0. The van der Waals surface area contributed by atoms with E-state index in [1.807, 2.05) is 0 Å². The van der Waals surface area contributed by atoms with Gasteiger partial charge in [-0.05, 0) is 37.4 Å². The quantitative estimate of drug-likeness (QED) is 0.877. The van der Waals surface area contributed by atoms with Gasteiger partial charge in [-0.3, -0.25) is 4.79 Å². The van der Waals surface area contributed by atoms with E-state index in [4.69, 9.17) is 11.6 Å². The number of H-pyrrole nitrogens is 1. The fourth-order valence-corrected chi connectivity index (χ4v) is 3.28. The lowest BCUT2D eigenvalue weighted by Gasteiger charge is -2.07. The summed E-state index contributed by atoms with van der Waals surface area (Å²) in [6.07, 6.45) is 6.08. The molecule has 0 saturated heterocycles. The summed E-state index contributed by atoms with van der Waals surface area (Å²) in [4.78, 5) is 18.1. The highest BCUT2D eigenvalue weighted by Crippen LogP contribution is 2.46. The maximum atomic E-state index is 11.5. The fourth-order valence-electron chi connectivity index (χ4n) is 2.18. The molecule has 0 bridgehead atoms. The van der Waals surface area contributed by atoms with Crippen molar-refractivity contribution >= 4 is 23.4 Å². The number of aromatic amines is 1. The molecule has 2 fully saturated rings. The molecule has 20 heavy (non-hydrogen) atoms. The molecule has 8 heteroatoms. The first-order valence-corrected chi connectivity index (χ1v) is 7.79. The second-order valence-electron chi connectivity index (χ2n) is 5.17. The van der Waals surface area contributed by atoms with Crippen LogP contribution in [0.1, 0.15) is 43.5 Å². The van der Waals surface area contributed by atoms with Crippen molar-refractivity contribution in [3.63, 3.8) is 0 Å². The average Bonchev–Trinajstić information content (AvgIpc) is 3.34. The lowest BCUT2D eigenvalue weighted by Crippen LogP contribution is -2.08. The van der Waals surface area contributed by atoms with Gasteiger partial charge in [0.25, 0.3) is 5.56 Å². The van der Waals surface area contributed by atoms with Crippen LogP contribution in [0.3, 0.4) is 0 Å². The van der Waals surface area contributed by atoms with Crippen molar-refractivity contribution in [2.45, 2.75) is 47.8 Å². The van der Waals surface area contributed by atoms with Crippen LogP contribution >= 0.6 is 23.4 Å². The number of nitrogens with zero attached hydrogens (tertiary/aromatic N) is 4. The molecule has 0 atom stereocenters. The molecule has 2 aliphatic carbocycles. The molecule has 1 N–H and O–H groups in total. The van der Waals surface area contributed by atoms with E-state index in [0.29, 0.717) is 17.0 Å². The topological polar surface area (TPSA) is 76.5 Å². The Labute approximate surface area is 124 Å². The first-order valence-electron chi connectivity index (χ1n) is 6.60. The van der Waals surface area contributed by atoms with E-state index < -0.39 is 0 Å². The highest BCUT2D eigenvalue weighted by Gasteiger charge is 2.36. The number of nitrogens with one attached hydrogen (secondary N) is 1. The van der Waals surface area contributed by atoms with Gasteiger partial charge in [-0.1, -0.05) is 11.6 Å². The fraction of sp³-hybridized carbons (Fsp3) is 0.500.